The third-order valence-corrected chi connectivity index (χ3v) is 10.2. The third kappa shape index (κ3) is 35.5. The molecule has 0 bridgehead atoms. The average Bonchev–Trinajstić information content (AvgIpc) is 3.11. The lowest BCUT2D eigenvalue weighted by molar-refractivity contribution is -0.887. The van der Waals surface area contributed by atoms with Crippen molar-refractivity contribution in [1.82, 2.24) is 0 Å². The first-order chi connectivity index (χ1) is 25.6. The first-order valence-corrected chi connectivity index (χ1v) is 22.2. The summed E-state index contributed by atoms with van der Waals surface area (Å²) >= 11 is 0. The Morgan fingerprint density at radius 2 is 0.943 bits per heavy atom. The molecule has 0 aromatic heterocycles. The number of carbonyl (C=O) groups is 3. The highest BCUT2D eigenvalue weighted by Crippen LogP contribution is 2.15. The van der Waals surface area contributed by atoms with Crippen LogP contribution in [0.1, 0.15) is 206 Å². The van der Waals surface area contributed by atoms with E-state index in [4.69, 9.17) is 14.2 Å². The van der Waals surface area contributed by atoms with Crippen molar-refractivity contribution >= 4 is 17.9 Å². The predicted octanol–water partition coefficient (Wildman–Crippen LogP) is 11.9. The van der Waals surface area contributed by atoms with E-state index in [1.54, 1.807) is 0 Å². The SMILES string of the molecule is CCCCCCCCCC/C=C/CCCCCCCCCC(=O)OC(COCCC(C(=O)O)[N+](C)(C)C)COC(=O)CCCCCCCCCCCC. The predicted molar refractivity (Wildman–Crippen MR) is 220 cm³/mol. The van der Waals surface area contributed by atoms with E-state index < -0.39 is 18.1 Å². The fourth-order valence-electron chi connectivity index (χ4n) is 6.67. The van der Waals surface area contributed by atoms with Gasteiger partial charge in [-0.3, -0.25) is 9.59 Å². The van der Waals surface area contributed by atoms with E-state index >= 15 is 0 Å². The number of hydrogen-bond donors (Lipinski definition) is 1. The quantitative estimate of drug-likeness (QED) is 0.0288. The Bertz CT molecular complexity index is 885. The maximum atomic E-state index is 12.7. The lowest BCUT2D eigenvalue weighted by Crippen LogP contribution is -2.50. The van der Waals surface area contributed by atoms with Crippen LogP contribution in [0.25, 0.3) is 0 Å². The summed E-state index contributed by atoms with van der Waals surface area (Å²) in [5.41, 5.74) is 0. The largest absolute Gasteiger partial charge is 0.477 e. The fraction of sp³-hybridized carbons (Fsp3) is 0.889. The van der Waals surface area contributed by atoms with Gasteiger partial charge in [0.1, 0.15) is 6.61 Å². The van der Waals surface area contributed by atoms with Crippen LogP contribution >= 0.6 is 0 Å². The molecule has 0 fully saturated rings. The van der Waals surface area contributed by atoms with Crippen LogP contribution in [0.3, 0.4) is 0 Å². The zero-order valence-electron chi connectivity index (χ0n) is 35.5. The minimum absolute atomic E-state index is 0.0472. The van der Waals surface area contributed by atoms with Crippen molar-refractivity contribution in [3.63, 3.8) is 0 Å². The van der Waals surface area contributed by atoms with Crippen molar-refractivity contribution in [3.05, 3.63) is 12.2 Å². The number of carboxylic acids is 1. The molecule has 1 N–H and O–H groups in total. The molecular weight excluding hydrogens is 666 g/mol. The molecule has 0 amide bonds. The second kappa shape index (κ2) is 37.0. The Kier molecular flexibility index (Phi) is 35.7. The smallest absolute Gasteiger partial charge is 0.362 e. The molecule has 0 aliphatic carbocycles. The van der Waals surface area contributed by atoms with Crippen LogP contribution in [0, 0.1) is 0 Å². The van der Waals surface area contributed by atoms with Gasteiger partial charge in [-0.1, -0.05) is 161 Å². The van der Waals surface area contributed by atoms with Gasteiger partial charge in [0, 0.05) is 19.3 Å². The summed E-state index contributed by atoms with van der Waals surface area (Å²) in [7, 11) is 5.53. The highest BCUT2D eigenvalue weighted by atomic mass is 16.6. The number of unbranched alkanes of at least 4 members (excludes halogenated alkanes) is 24. The number of rotatable bonds is 40. The maximum absolute atomic E-state index is 12.7. The van der Waals surface area contributed by atoms with Gasteiger partial charge in [-0.2, -0.15) is 0 Å². The van der Waals surface area contributed by atoms with Crippen LogP contribution in [-0.2, 0) is 28.6 Å². The number of hydrogen-bond acceptors (Lipinski definition) is 6. The number of esters is 2. The van der Waals surface area contributed by atoms with E-state index in [-0.39, 0.29) is 36.2 Å². The lowest BCUT2D eigenvalue weighted by Gasteiger charge is -2.31. The van der Waals surface area contributed by atoms with Gasteiger partial charge >= 0.3 is 17.9 Å². The molecule has 312 valence electrons. The zero-order chi connectivity index (χ0) is 39.3. The van der Waals surface area contributed by atoms with Gasteiger partial charge < -0.3 is 23.8 Å². The number of nitrogens with zero attached hydrogens (tertiary/aromatic N) is 1. The third-order valence-electron chi connectivity index (χ3n) is 10.2. The molecule has 0 aliphatic rings. The zero-order valence-corrected chi connectivity index (χ0v) is 35.5. The van der Waals surface area contributed by atoms with Crippen LogP contribution in [0.15, 0.2) is 12.2 Å². The van der Waals surface area contributed by atoms with Crippen LogP contribution < -0.4 is 0 Å². The van der Waals surface area contributed by atoms with Crippen LogP contribution in [0.5, 0.6) is 0 Å². The standard InChI is InChI=1S/C45H85NO7/c1-6-8-10-12-14-16-18-19-20-21-22-23-24-25-26-28-30-32-34-36-44(48)53-41(39-51-38-37-42(45(49)50)46(3,4)5)40-52-43(47)35-33-31-29-27-17-15-13-11-9-7-2/h21-22,41-42H,6-20,23-40H2,1-5H3/p+1/b22-21+. The van der Waals surface area contributed by atoms with E-state index in [9.17, 15) is 19.5 Å². The minimum atomic E-state index is -0.873. The van der Waals surface area contributed by atoms with Crippen LogP contribution in [0.2, 0.25) is 0 Å². The molecule has 0 heterocycles. The summed E-state index contributed by atoms with van der Waals surface area (Å²) in [6.45, 7) is 4.74. The van der Waals surface area contributed by atoms with E-state index in [0.29, 0.717) is 19.3 Å². The Morgan fingerprint density at radius 1 is 0.547 bits per heavy atom. The number of carbonyl (C=O) groups excluding carboxylic acids is 2. The monoisotopic (exact) mass is 753 g/mol. The highest BCUT2D eigenvalue weighted by Gasteiger charge is 2.31. The Morgan fingerprint density at radius 3 is 1.36 bits per heavy atom. The van der Waals surface area contributed by atoms with Gasteiger partial charge in [0.05, 0.1) is 34.4 Å². The highest BCUT2D eigenvalue weighted by molar-refractivity contribution is 5.72. The molecule has 53 heavy (non-hydrogen) atoms. The van der Waals surface area contributed by atoms with E-state index in [0.717, 1.165) is 38.5 Å². The summed E-state index contributed by atoms with van der Waals surface area (Å²) < 4.78 is 17.3. The summed E-state index contributed by atoms with van der Waals surface area (Å²) in [5, 5.41) is 9.60. The van der Waals surface area contributed by atoms with Gasteiger partial charge in [-0.25, -0.2) is 4.79 Å². The molecule has 0 rings (SSSR count). The number of quaternary nitrogens is 1. The summed E-state index contributed by atoms with van der Waals surface area (Å²) in [6, 6.07) is -0.610. The lowest BCUT2D eigenvalue weighted by atomic mass is 10.1. The van der Waals surface area contributed by atoms with Crippen molar-refractivity contribution in [2.75, 3.05) is 41.0 Å². The minimum Gasteiger partial charge on any atom is -0.477 e. The van der Waals surface area contributed by atoms with E-state index in [1.807, 2.05) is 21.1 Å². The van der Waals surface area contributed by atoms with E-state index in [2.05, 4.69) is 26.0 Å². The molecule has 8 heteroatoms. The van der Waals surface area contributed by atoms with Crippen molar-refractivity contribution in [2.24, 2.45) is 0 Å². The molecular formula is C45H86NO7+. The van der Waals surface area contributed by atoms with Crippen molar-refractivity contribution < 1.29 is 38.2 Å². The first-order valence-electron chi connectivity index (χ1n) is 22.2. The van der Waals surface area contributed by atoms with Crippen LogP contribution in [0.4, 0.5) is 0 Å². The number of aliphatic carboxylic acids is 1. The van der Waals surface area contributed by atoms with Crippen LogP contribution in [-0.4, -0.2) is 80.6 Å². The molecule has 0 radical (unpaired) electrons. The topological polar surface area (TPSA) is 99.1 Å². The fourth-order valence-corrected chi connectivity index (χ4v) is 6.67. The summed E-state index contributed by atoms with van der Waals surface area (Å²) in [6.07, 6.45) is 38.2. The molecule has 0 saturated heterocycles. The molecule has 2 atom stereocenters. The average molecular weight is 753 g/mol. The first kappa shape index (κ1) is 51.1. The van der Waals surface area contributed by atoms with Gasteiger partial charge in [0.25, 0.3) is 0 Å². The normalized spacial score (nSPS) is 13.0. The maximum Gasteiger partial charge on any atom is 0.362 e. The molecule has 0 aromatic carbocycles. The second-order valence-corrected chi connectivity index (χ2v) is 16.3. The Labute approximate surface area is 327 Å². The Hall–Kier alpha value is -1.93. The second-order valence-electron chi connectivity index (χ2n) is 16.3. The molecule has 0 aromatic rings. The van der Waals surface area contributed by atoms with Gasteiger partial charge in [-0.05, 0) is 38.5 Å². The summed E-state index contributed by atoms with van der Waals surface area (Å²) in [5.74, 6) is -1.46. The molecule has 8 nitrogen and oxygen atoms in total. The number of ether oxygens (including phenoxy) is 3. The molecule has 2 unspecified atom stereocenters. The summed E-state index contributed by atoms with van der Waals surface area (Å²) in [4.78, 5) is 36.9. The number of allylic oxidation sites excluding steroid dienone is 2. The Balaban J connectivity index is 4.27. The van der Waals surface area contributed by atoms with Gasteiger partial charge in [-0.15, -0.1) is 0 Å². The van der Waals surface area contributed by atoms with Crippen molar-refractivity contribution in [2.45, 2.75) is 219 Å². The van der Waals surface area contributed by atoms with Gasteiger partial charge in [0.15, 0.2) is 12.1 Å². The number of carboxylic acid groups (broad SMARTS) is 1. The molecule has 0 saturated carbocycles. The van der Waals surface area contributed by atoms with Crippen molar-refractivity contribution in [3.8, 4) is 0 Å². The molecule has 0 aliphatic heterocycles. The number of likely N-dealkylation sites (N-methyl/N-ethyl adjacent to an activating group) is 1. The van der Waals surface area contributed by atoms with E-state index in [1.165, 1.54) is 135 Å². The molecule has 0 spiro atoms. The van der Waals surface area contributed by atoms with Crippen molar-refractivity contribution in [1.29, 1.82) is 0 Å². The van der Waals surface area contributed by atoms with Gasteiger partial charge in [0.2, 0.25) is 0 Å².